The Balaban J connectivity index is 2.63. The van der Waals surface area contributed by atoms with Crippen LogP contribution in [0.15, 0.2) is 18.2 Å². The van der Waals surface area contributed by atoms with Crippen LogP contribution < -0.4 is 15.8 Å². The Labute approximate surface area is 117 Å². The molecule has 0 atom stereocenters. The summed E-state index contributed by atoms with van der Waals surface area (Å²) in [7, 11) is 0. The second-order valence-electron chi connectivity index (χ2n) is 4.43. The molecule has 1 rings (SSSR count). The van der Waals surface area contributed by atoms with Crippen LogP contribution in [0.2, 0.25) is 0 Å². The first-order valence-electron chi connectivity index (χ1n) is 6.52. The third kappa shape index (κ3) is 4.46. The number of carbonyl (C=O) groups is 2. The van der Waals surface area contributed by atoms with Gasteiger partial charge in [-0.05, 0) is 31.0 Å². The fourth-order valence-corrected chi connectivity index (χ4v) is 1.70. The molecule has 1 amide bonds. The Morgan fingerprint density at radius 2 is 2.00 bits per heavy atom. The van der Waals surface area contributed by atoms with Gasteiger partial charge < -0.3 is 20.9 Å². The maximum absolute atomic E-state index is 11.7. The molecular formula is C14H20N2O4. The quantitative estimate of drug-likeness (QED) is 0.659. The van der Waals surface area contributed by atoms with Gasteiger partial charge in [-0.3, -0.25) is 4.79 Å². The number of nitrogens with two attached hydrogens (primary N) is 1. The number of carbonyl (C=O) groups excluding carboxylic acids is 1. The SMILES string of the molecule is CCC(CC)NC(=O)COc1cc(C(=O)O)ccc1N. The smallest absolute Gasteiger partial charge is 0.335 e. The van der Waals surface area contributed by atoms with Crippen LogP contribution >= 0.6 is 0 Å². The van der Waals surface area contributed by atoms with Crippen LogP contribution in [0.3, 0.4) is 0 Å². The number of anilines is 1. The molecule has 1 aromatic carbocycles. The summed E-state index contributed by atoms with van der Waals surface area (Å²) >= 11 is 0. The molecule has 0 heterocycles. The van der Waals surface area contributed by atoms with Crippen molar-refractivity contribution < 1.29 is 19.4 Å². The number of hydrogen-bond donors (Lipinski definition) is 3. The minimum absolute atomic E-state index is 0.0644. The van der Waals surface area contributed by atoms with Gasteiger partial charge in [0, 0.05) is 6.04 Å². The number of carboxylic acid groups (broad SMARTS) is 1. The average Bonchev–Trinajstić information content (AvgIpc) is 2.43. The number of aromatic carboxylic acids is 1. The van der Waals surface area contributed by atoms with Gasteiger partial charge in [-0.2, -0.15) is 0 Å². The molecule has 1 aromatic rings. The molecule has 0 aromatic heterocycles. The monoisotopic (exact) mass is 280 g/mol. The van der Waals surface area contributed by atoms with Gasteiger partial charge in [-0.25, -0.2) is 4.79 Å². The van der Waals surface area contributed by atoms with Crippen LogP contribution in [0.25, 0.3) is 0 Å². The van der Waals surface area contributed by atoms with Crippen LogP contribution in [0, 0.1) is 0 Å². The molecule has 0 fully saturated rings. The van der Waals surface area contributed by atoms with E-state index in [0.717, 1.165) is 12.8 Å². The number of hydrogen-bond acceptors (Lipinski definition) is 4. The van der Waals surface area contributed by atoms with E-state index >= 15 is 0 Å². The van der Waals surface area contributed by atoms with Crippen LogP contribution in [-0.2, 0) is 4.79 Å². The van der Waals surface area contributed by atoms with E-state index in [1.807, 2.05) is 13.8 Å². The predicted molar refractivity (Wildman–Crippen MR) is 75.8 cm³/mol. The summed E-state index contributed by atoms with van der Waals surface area (Å²) in [5.41, 5.74) is 6.04. The van der Waals surface area contributed by atoms with Crippen molar-refractivity contribution in [2.24, 2.45) is 0 Å². The second-order valence-corrected chi connectivity index (χ2v) is 4.43. The Morgan fingerprint density at radius 1 is 1.35 bits per heavy atom. The Hall–Kier alpha value is -2.24. The molecular weight excluding hydrogens is 260 g/mol. The summed E-state index contributed by atoms with van der Waals surface area (Å²) in [5, 5.41) is 11.7. The van der Waals surface area contributed by atoms with Gasteiger partial charge in [0.2, 0.25) is 0 Å². The maximum Gasteiger partial charge on any atom is 0.335 e. The van der Waals surface area contributed by atoms with Gasteiger partial charge in [0.15, 0.2) is 6.61 Å². The Bertz CT molecular complexity index is 484. The fourth-order valence-electron chi connectivity index (χ4n) is 1.70. The third-order valence-electron chi connectivity index (χ3n) is 2.97. The number of nitrogens with one attached hydrogen (secondary N) is 1. The summed E-state index contributed by atoms with van der Waals surface area (Å²) in [5.74, 6) is -1.13. The third-order valence-corrected chi connectivity index (χ3v) is 2.97. The molecule has 6 heteroatoms. The predicted octanol–water partition coefficient (Wildman–Crippen LogP) is 1.65. The highest BCUT2D eigenvalue weighted by molar-refractivity contribution is 5.89. The topological polar surface area (TPSA) is 102 Å². The summed E-state index contributed by atoms with van der Waals surface area (Å²) in [6, 6.07) is 4.25. The second kappa shape index (κ2) is 7.37. The molecule has 0 aliphatic heterocycles. The van der Waals surface area contributed by atoms with Crippen molar-refractivity contribution in [3.8, 4) is 5.75 Å². The minimum atomic E-state index is -1.07. The molecule has 0 spiro atoms. The number of nitrogen functional groups attached to an aromatic ring is 1. The van der Waals surface area contributed by atoms with Crippen LogP contribution in [0.4, 0.5) is 5.69 Å². The molecule has 0 bridgehead atoms. The lowest BCUT2D eigenvalue weighted by Crippen LogP contribution is -2.37. The van der Waals surface area contributed by atoms with Gasteiger partial charge in [0.05, 0.1) is 11.3 Å². The lowest BCUT2D eigenvalue weighted by molar-refractivity contribution is -0.123. The van der Waals surface area contributed by atoms with Crippen molar-refractivity contribution >= 4 is 17.6 Å². The molecule has 0 unspecified atom stereocenters. The van der Waals surface area contributed by atoms with E-state index in [-0.39, 0.29) is 29.9 Å². The van der Waals surface area contributed by atoms with E-state index in [4.69, 9.17) is 15.6 Å². The van der Waals surface area contributed by atoms with E-state index < -0.39 is 5.97 Å². The summed E-state index contributed by atoms with van der Waals surface area (Å²) in [4.78, 5) is 22.5. The minimum Gasteiger partial charge on any atom is -0.482 e. The maximum atomic E-state index is 11.7. The van der Waals surface area contributed by atoms with E-state index in [2.05, 4.69) is 5.32 Å². The van der Waals surface area contributed by atoms with Crippen molar-refractivity contribution in [3.63, 3.8) is 0 Å². The van der Waals surface area contributed by atoms with Gasteiger partial charge in [0.1, 0.15) is 5.75 Å². The van der Waals surface area contributed by atoms with Crippen molar-refractivity contribution in [1.82, 2.24) is 5.32 Å². The lowest BCUT2D eigenvalue weighted by Gasteiger charge is -2.15. The molecule has 110 valence electrons. The molecule has 0 aliphatic carbocycles. The van der Waals surface area contributed by atoms with E-state index in [0.29, 0.717) is 5.69 Å². The number of amides is 1. The van der Waals surface area contributed by atoms with Gasteiger partial charge in [-0.15, -0.1) is 0 Å². The fraction of sp³-hybridized carbons (Fsp3) is 0.429. The van der Waals surface area contributed by atoms with E-state index in [1.54, 1.807) is 0 Å². The summed E-state index contributed by atoms with van der Waals surface area (Å²) in [6.07, 6.45) is 1.69. The van der Waals surface area contributed by atoms with Crippen molar-refractivity contribution in [1.29, 1.82) is 0 Å². The van der Waals surface area contributed by atoms with Gasteiger partial charge in [0.25, 0.3) is 5.91 Å². The first-order valence-corrected chi connectivity index (χ1v) is 6.52. The molecule has 6 nitrogen and oxygen atoms in total. The largest absolute Gasteiger partial charge is 0.482 e. The van der Waals surface area contributed by atoms with Gasteiger partial charge >= 0.3 is 5.97 Å². The summed E-state index contributed by atoms with van der Waals surface area (Å²) in [6.45, 7) is 3.79. The van der Waals surface area contributed by atoms with Crippen LogP contribution in [0.5, 0.6) is 5.75 Å². The van der Waals surface area contributed by atoms with Crippen molar-refractivity contribution in [3.05, 3.63) is 23.8 Å². The molecule has 4 N–H and O–H groups in total. The number of benzene rings is 1. The number of ether oxygens (including phenoxy) is 1. The van der Waals surface area contributed by atoms with E-state index in [9.17, 15) is 9.59 Å². The zero-order chi connectivity index (χ0) is 15.1. The normalized spacial score (nSPS) is 10.3. The average molecular weight is 280 g/mol. The molecule has 0 saturated carbocycles. The van der Waals surface area contributed by atoms with Crippen molar-refractivity contribution in [2.75, 3.05) is 12.3 Å². The first kappa shape index (κ1) is 15.8. The van der Waals surface area contributed by atoms with Gasteiger partial charge in [-0.1, -0.05) is 13.8 Å². The van der Waals surface area contributed by atoms with Crippen LogP contribution in [-0.4, -0.2) is 29.6 Å². The highest BCUT2D eigenvalue weighted by Gasteiger charge is 2.11. The Kier molecular flexibility index (Phi) is 5.83. The molecule has 0 saturated heterocycles. The molecule has 20 heavy (non-hydrogen) atoms. The molecule has 0 radical (unpaired) electrons. The highest BCUT2D eigenvalue weighted by atomic mass is 16.5. The van der Waals surface area contributed by atoms with Crippen molar-refractivity contribution in [2.45, 2.75) is 32.7 Å². The zero-order valence-electron chi connectivity index (χ0n) is 11.7. The highest BCUT2D eigenvalue weighted by Crippen LogP contribution is 2.22. The number of carboxylic acids is 1. The molecule has 0 aliphatic rings. The lowest BCUT2D eigenvalue weighted by atomic mass is 10.2. The summed E-state index contributed by atoms with van der Waals surface area (Å²) < 4.78 is 5.28. The first-order chi connectivity index (χ1) is 9.47. The van der Waals surface area contributed by atoms with E-state index in [1.165, 1.54) is 18.2 Å². The standard InChI is InChI=1S/C14H20N2O4/c1-3-10(4-2)16-13(17)8-20-12-7-9(14(18)19)5-6-11(12)15/h5-7,10H,3-4,8,15H2,1-2H3,(H,16,17)(H,18,19). The Morgan fingerprint density at radius 3 is 2.55 bits per heavy atom. The number of rotatable bonds is 7. The van der Waals surface area contributed by atoms with Crippen LogP contribution in [0.1, 0.15) is 37.0 Å². The zero-order valence-corrected chi connectivity index (χ0v) is 11.7.